The molecule has 10 heteroatoms. The molecule has 2 fully saturated rings. The van der Waals surface area contributed by atoms with Crippen LogP contribution in [0.4, 0.5) is 0 Å². The zero-order valence-electron chi connectivity index (χ0n) is 17.8. The van der Waals surface area contributed by atoms with Gasteiger partial charge >= 0.3 is 23.9 Å². The van der Waals surface area contributed by atoms with E-state index in [0.717, 1.165) is 0 Å². The van der Waals surface area contributed by atoms with Crippen molar-refractivity contribution in [2.45, 2.75) is 70.0 Å². The molecule has 2 rings (SSSR count). The van der Waals surface area contributed by atoms with Crippen LogP contribution in [0.15, 0.2) is 0 Å². The van der Waals surface area contributed by atoms with Crippen molar-refractivity contribution in [3.8, 4) is 0 Å². The van der Waals surface area contributed by atoms with Gasteiger partial charge < -0.3 is 28.4 Å². The van der Waals surface area contributed by atoms with Crippen molar-refractivity contribution >= 4 is 23.9 Å². The van der Waals surface area contributed by atoms with Crippen LogP contribution in [-0.2, 0) is 47.6 Å². The first-order valence-corrected chi connectivity index (χ1v) is 10.9. The van der Waals surface area contributed by atoms with Gasteiger partial charge in [-0.3, -0.25) is 19.2 Å². The van der Waals surface area contributed by atoms with Crippen molar-refractivity contribution in [1.29, 1.82) is 0 Å². The first-order chi connectivity index (χ1) is 15.0. The number of hydrogen-bond acceptors (Lipinski definition) is 10. The Balaban J connectivity index is 1.31. The number of hydrogen-bond donors (Lipinski definition) is 0. The van der Waals surface area contributed by atoms with Gasteiger partial charge in [0, 0.05) is 32.1 Å². The molecule has 2 atom stereocenters. The fourth-order valence-corrected chi connectivity index (χ4v) is 2.50. The first-order valence-electron chi connectivity index (χ1n) is 10.9. The summed E-state index contributed by atoms with van der Waals surface area (Å²) in [6.07, 6.45) is 3.75. The van der Waals surface area contributed by atoms with Gasteiger partial charge in [0.1, 0.15) is 25.4 Å². The minimum atomic E-state index is -0.341. The summed E-state index contributed by atoms with van der Waals surface area (Å²) in [6, 6.07) is 0. The van der Waals surface area contributed by atoms with Gasteiger partial charge in [-0.2, -0.15) is 0 Å². The summed E-state index contributed by atoms with van der Waals surface area (Å²) in [5.41, 5.74) is 0. The van der Waals surface area contributed by atoms with Gasteiger partial charge in [0.15, 0.2) is 0 Å². The lowest BCUT2D eigenvalue weighted by molar-refractivity contribution is -0.148. The summed E-state index contributed by atoms with van der Waals surface area (Å²) < 4.78 is 30.0. The van der Waals surface area contributed by atoms with E-state index >= 15 is 0 Å². The fraction of sp³-hybridized carbons (Fsp3) is 0.810. The maximum Gasteiger partial charge on any atom is 0.305 e. The molecule has 0 aromatic rings. The Hall–Kier alpha value is -2.20. The third-order valence-corrected chi connectivity index (χ3v) is 4.50. The molecule has 2 heterocycles. The number of unbranched alkanes of at least 4 members (excludes halogenated alkanes) is 2. The SMILES string of the molecule is O=C(CCCCC(=O)OCC1CO1)OCCCOC(=O)CCCCC(=O)OCC1CO1. The lowest BCUT2D eigenvalue weighted by atomic mass is 10.2. The molecule has 0 aliphatic carbocycles. The zero-order valence-corrected chi connectivity index (χ0v) is 17.8. The topological polar surface area (TPSA) is 130 Å². The van der Waals surface area contributed by atoms with Crippen LogP contribution >= 0.6 is 0 Å². The van der Waals surface area contributed by atoms with E-state index in [2.05, 4.69) is 0 Å². The highest BCUT2D eigenvalue weighted by Gasteiger charge is 2.24. The monoisotopic (exact) mass is 444 g/mol. The Morgan fingerprint density at radius 1 is 0.548 bits per heavy atom. The average molecular weight is 444 g/mol. The van der Waals surface area contributed by atoms with Crippen molar-refractivity contribution in [1.82, 2.24) is 0 Å². The molecule has 0 aromatic carbocycles. The largest absolute Gasteiger partial charge is 0.466 e. The van der Waals surface area contributed by atoms with E-state index in [9.17, 15) is 19.2 Å². The molecule has 0 bridgehead atoms. The van der Waals surface area contributed by atoms with Crippen molar-refractivity contribution in [3.05, 3.63) is 0 Å². The molecule has 0 aromatic heterocycles. The van der Waals surface area contributed by atoms with Crippen LogP contribution in [-0.4, -0.2) is 75.7 Å². The molecular formula is C21H32O10. The van der Waals surface area contributed by atoms with E-state index in [1.165, 1.54) is 0 Å². The zero-order chi connectivity index (χ0) is 22.3. The van der Waals surface area contributed by atoms with Gasteiger partial charge in [0.05, 0.1) is 26.4 Å². The lowest BCUT2D eigenvalue weighted by Gasteiger charge is -2.07. The van der Waals surface area contributed by atoms with Crippen LogP contribution < -0.4 is 0 Å². The van der Waals surface area contributed by atoms with Crippen molar-refractivity contribution in [3.63, 3.8) is 0 Å². The lowest BCUT2D eigenvalue weighted by Crippen LogP contribution is -2.12. The van der Waals surface area contributed by atoms with Gasteiger partial charge in [-0.1, -0.05) is 0 Å². The van der Waals surface area contributed by atoms with Crippen molar-refractivity contribution in [2.24, 2.45) is 0 Å². The highest BCUT2D eigenvalue weighted by molar-refractivity contribution is 5.71. The Morgan fingerprint density at radius 2 is 0.871 bits per heavy atom. The molecule has 0 amide bonds. The first kappa shape index (κ1) is 25.1. The highest BCUT2D eigenvalue weighted by atomic mass is 16.6. The third-order valence-electron chi connectivity index (χ3n) is 4.50. The van der Waals surface area contributed by atoms with Crippen LogP contribution in [0.25, 0.3) is 0 Å². The standard InChI is InChI=1S/C21H32O10/c22-18(6-1-3-8-20(24)30-14-16-12-28-16)26-10-5-11-27-19(23)7-2-4-9-21(25)31-15-17-13-29-17/h16-17H,1-15H2. The predicted octanol–water partition coefficient (Wildman–Crippen LogP) is 1.47. The van der Waals surface area contributed by atoms with Gasteiger partial charge in [-0.15, -0.1) is 0 Å². The van der Waals surface area contributed by atoms with Crippen LogP contribution in [0.5, 0.6) is 0 Å². The number of carbonyl (C=O) groups is 4. The smallest absolute Gasteiger partial charge is 0.305 e. The second kappa shape index (κ2) is 14.7. The van der Waals surface area contributed by atoms with Crippen LogP contribution in [0.1, 0.15) is 57.8 Å². The van der Waals surface area contributed by atoms with E-state index < -0.39 is 0 Å². The summed E-state index contributed by atoms with van der Waals surface area (Å²) >= 11 is 0. The molecule has 176 valence electrons. The molecule has 0 N–H and O–H groups in total. The van der Waals surface area contributed by atoms with E-state index in [1.54, 1.807) is 0 Å². The maximum atomic E-state index is 11.6. The summed E-state index contributed by atoms with van der Waals surface area (Å²) in [5, 5.41) is 0. The highest BCUT2D eigenvalue weighted by Crippen LogP contribution is 2.11. The second-order valence-electron chi connectivity index (χ2n) is 7.49. The average Bonchev–Trinajstić information content (AvgIpc) is 3.65. The molecular weight excluding hydrogens is 412 g/mol. The van der Waals surface area contributed by atoms with E-state index in [-0.39, 0.29) is 75.0 Å². The number of esters is 4. The van der Waals surface area contributed by atoms with Crippen molar-refractivity contribution in [2.75, 3.05) is 39.6 Å². The second-order valence-corrected chi connectivity index (χ2v) is 7.49. The number of epoxide rings is 2. The van der Waals surface area contributed by atoms with Gasteiger partial charge in [0.2, 0.25) is 0 Å². The number of carbonyl (C=O) groups excluding carboxylic acids is 4. The Morgan fingerprint density at radius 3 is 1.19 bits per heavy atom. The molecule has 31 heavy (non-hydrogen) atoms. The number of rotatable bonds is 18. The van der Waals surface area contributed by atoms with E-state index in [0.29, 0.717) is 58.5 Å². The quantitative estimate of drug-likeness (QED) is 0.133. The van der Waals surface area contributed by atoms with Crippen LogP contribution in [0, 0.1) is 0 Å². The maximum absolute atomic E-state index is 11.6. The summed E-state index contributed by atoms with van der Waals surface area (Å²) in [5.74, 6) is -1.25. The van der Waals surface area contributed by atoms with E-state index in [1.807, 2.05) is 0 Å². The van der Waals surface area contributed by atoms with Gasteiger partial charge in [-0.05, 0) is 25.7 Å². The predicted molar refractivity (Wildman–Crippen MR) is 105 cm³/mol. The summed E-state index contributed by atoms with van der Waals surface area (Å²) in [7, 11) is 0. The van der Waals surface area contributed by atoms with Crippen molar-refractivity contribution < 1.29 is 47.6 Å². The van der Waals surface area contributed by atoms with E-state index in [4.69, 9.17) is 28.4 Å². The van der Waals surface area contributed by atoms with Crippen LogP contribution in [0.2, 0.25) is 0 Å². The van der Waals surface area contributed by atoms with Gasteiger partial charge in [0.25, 0.3) is 0 Å². The summed E-state index contributed by atoms with van der Waals surface area (Å²) in [6.45, 7) is 2.24. The molecule has 2 unspecified atom stereocenters. The molecule has 0 radical (unpaired) electrons. The summed E-state index contributed by atoms with van der Waals surface area (Å²) in [4.78, 5) is 46.1. The molecule has 10 nitrogen and oxygen atoms in total. The molecule has 2 aliphatic rings. The minimum absolute atomic E-state index is 0.0570. The fourth-order valence-electron chi connectivity index (χ4n) is 2.50. The Bertz CT molecular complexity index is 533. The molecule has 0 saturated carbocycles. The van der Waals surface area contributed by atoms with Gasteiger partial charge in [-0.25, -0.2) is 0 Å². The minimum Gasteiger partial charge on any atom is -0.466 e. The molecule has 2 saturated heterocycles. The van der Waals surface area contributed by atoms with Crippen LogP contribution in [0.3, 0.4) is 0 Å². The third kappa shape index (κ3) is 14.4. The number of ether oxygens (including phenoxy) is 6. The normalized spacial score (nSPS) is 18.7. The molecule has 2 aliphatic heterocycles. The molecule has 0 spiro atoms. The Labute approximate surface area is 181 Å². The Kier molecular flexibility index (Phi) is 11.9.